The fourth-order valence-electron chi connectivity index (χ4n) is 1.41. The number of rotatable bonds is 3. The number of amidine groups is 1. The Kier molecular flexibility index (Phi) is 4.19. The third-order valence-electron chi connectivity index (χ3n) is 2.20. The molecule has 7 heteroatoms. The molecule has 0 amide bonds. The fourth-order valence-corrected chi connectivity index (χ4v) is 2.00. The van der Waals surface area contributed by atoms with E-state index in [2.05, 4.69) is 10.1 Å². The normalized spacial score (nSPS) is 10.1. The van der Waals surface area contributed by atoms with Gasteiger partial charge in [-0.15, -0.1) is 0 Å². The van der Waals surface area contributed by atoms with Crippen LogP contribution in [-0.2, 0) is 5.75 Å². The second-order valence-corrected chi connectivity index (χ2v) is 4.64. The van der Waals surface area contributed by atoms with Crippen LogP contribution in [0.25, 0.3) is 11.3 Å². The Morgan fingerprint density at radius 1 is 1.32 bits per heavy atom. The molecule has 0 aliphatic rings. The Hall–Kier alpha value is -2.28. The predicted molar refractivity (Wildman–Crippen MR) is 76.8 cm³/mol. The molecule has 5 N–H and O–H groups in total. The molecule has 0 fully saturated rings. The van der Waals surface area contributed by atoms with Crippen molar-refractivity contribution in [1.29, 1.82) is 5.41 Å². The predicted octanol–water partition coefficient (Wildman–Crippen LogP) is 1.78. The number of benzene rings is 1. The first-order valence-corrected chi connectivity index (χ1v) is 6.45. The van der Waals surface area contributed by atoms with Crippen LogP contribution in [0, 0.1) is 5.41 Å². The number of guanidine groups is 1. The van der Waals surface area contributed by atoms with Gasteiger partial charge in [-0.1, -0.05) is 47.3 Å². The van der Waals surface area contributed by atoms with Crippen LogP contribution in [0.3, 0.4) is 0 Å². The van der Waals surface area contributed by atoms with Gasteiger partial charge in [-0.2, -0.15) is 4.99 Å². The SMILES string of the molecule is N=C(N=C(N)N)SCc1cc(-c2ccccc2)on1. The first-order valence-electron chi connectivity index (χ1n) is 5.47. The number of aliphatic imine (C=N–C) groups is 1. The molecule has 0 saturated carbocycles. The molecule has 6 nitrogen and oxygen atoms in total. The van der Waals surface area contributed by atoms with Crippen molar-refractivity contribution in [2.75, 3.05) is 0 Å². The van der Waals surface area contributed by atoms with E-state index in [1.165, 1.54) is 11.8 Å². The summed E-state index contributed by atoms with van der Waals surface area (Å²) < 4.78 is 5.25. The molecule has 1 heterocycles. The average molecular weight is 275 g/mol. The highest BCUT2D eigenvalue weighted by molar-refractivity contribution is 8.13. The first kappa shape index (κ1) is 13.2. The Bertz CT molecular complexity index is 589. The molecule has 0 spiro atoms. The van der Waals surface area contributed by atoms with Gasteiger partial charge < -0.3 is 16.0 Å². The number of nitrogens with zero attached hydrogens (tertiary/aromatic N) is 2. The highest BCUT2D eigenvalue weighted by atomic mass is 32.2. The van der Waals surface area contributed by atoms with Crippen molar-refractivity contribution in [3.05, 3.63) is 42.1 Å². The van der Waals surface area contributed by atoms with Crippen LogP contribution < -0.4 is 11.5 Å². The lowest BCUT2D eigenvalue weighted by Gasteiger charge is -1.95. The van der Waals surface area contributed by atoms with Crippen LogP contribution in [-0.4, -0.2) is 16.3 Å². The summed E-state index contributed by atoms with van der Waals surface area (Å²) in [5, 5.41) is 11.5. The van der Waals surface area contributed by atoms with E-state index in [4.69, 9.17) is 21.4 Å². The molecule has 1 aromatic carbocycles. The Labute approximate surface area is 114 Å². The maximum Gasteiger partial charge on any atom is 0.193 e. The van der Waals surface area contributed by atoms with Gasteiger partial charge in [-0.05, 0) is 0 Å². The lowest BCUT2D eigenvalue weighted by molar-refractivity contribution is 0.426. The standard InChI is InChI=1S/C12H13N5OS/c13-11(14)16-12(15)19-7-9-6-10(18-17-9)8-4-2-1-3-5-8/h1-6H,7H2,(H5,13,14,15,16). The van der Waals surface area contributed by atoms with E-state index >= 15 is 0 Å². The monoisotopic (exact) mass is 275 g/mol. The zero-order chi connectivity index (χ0) is 13.7. The number of aromatic nitrogens is 1. The molecule has 0 unspecified atom stereocenters. The van der Waals surface area contributed by atoms with Gasteiger partial charge in [0, 0.05) is 17.4 Å². The van der Waals surface area contributed by atoms with Gasteiger partial charge in [0.2, 0.25) is 0 Å². The maximum absolute atomic E-state index is 7.50. The summed E-state index contributed by atoms with van der Waals surface area (Å²) in [5.41, 5.74) is 12.1. The van der Waals surface area contributed by atoms with Gasteiger partial charge >= 0.3 is 0 Å². The lowest BCUT2D eigenvalue weighted by atomic mass is 10.2. The molecule has 0 bridgehead atoms. The summed E-state index contributed by atoms with van der Waals surface area (Å²) in [6, 6.07) is 11.5. The van der Waals surface area contributed by atoms with Crippen LogP contribution in [0.1, 0.15) is 5.69 Å². The minimum absolute atomic E-state index is 0.0456. The third kappa shape index (κ3) is 3.85. The van der Waals surface area contributed by atoms with Crippen molar-refractivity contribution in [1.82, 2.24) is 5.16 Å². The van der Waals surface area contributed by atoms with Crippen LogP contribution >= 0.6 is 11.8 Å². The highest BCUT2D eigenvalue weighted by Crippen LogP contribution is 2.22. The summed E-state index contributed by atoms with van der Waals surface area (Å²) in [6.45, 7) is 0. The maximum atomic E-state index is 7.50. The van der Waals surface area contributed by atoms with Gasteiger partial charge in [0.1, 0.15) is 0 Å². The molecule has 1 aromatic heterocycles. The molecule has 0 radical (unpaired) electrons. The number of hydrogen-bond acceptors (Lipinski definition) is 4. The van der Waals surface area contributed by atoms with Crippen molar-refractivity contribution in [3.63, 3.8) is 0 Å². The molecule has 0 atom stereocenters. The summed E-state index contributed by atoms with van der Waals surface area (Å²) in [4.78, 5) is 3.62. The fraction of sp³-hybridized carbons (Fsp3) is 0.0833. The zero-order valence-corrected chi connectivity index (χ0v) is 10.9. The third-order valence-corrected chi connectivity index (χ3v) is 3.01. The van der Waals surface area contributed by atoms with Crippen molar-refractivity contribution >= 4 is 22.9 Å². The summed E-state index contributed by atoms with van der Waals surface area (Å²) in [7, 11) is 0. The van der Waals surface area contributed by atoms with Crippen LogP contribution in [0.5, 0.6) is 0 Å². The molecular formula is C12H13N5OS. The molecule has 2 aromatic rings. The van der Waals surface area contributed by atoms with E-state index in [-0.39, 0.29) is 11.1 Å². The largest absolute Gasteiger partial charge is 0.370 e. The zero-order valence-electron chi connectivity index (χ0n) is 10.0. The molecule has 2 rings (SSSR count). The lowest BCUT2D eigenvalue weighted by Crippen LogP contribution is -2.23. The number of hydrogen-bond donors (Lipinski definition) is 3. The van der Waals surface area contributed by atoms with Crippen LogP contribution in [0.15, 0.2) is 45.9 Å². The number of nitrogens with two attached hydrogens (primary N) is 2. The van der Waals surface area contributed by atoms with Gasteiger partial charge in [-0.25, -0.2) is 0 Å². The van der Waals surface area contributed by atoms with Crippen molar-refractivity contribution in [2.24, 2.45) is 16.5 Å². The number of nitrogens with one attached hydrogen (secondary N) is 1. The van der Waals surface area contributed by atoms with E-state index in [0.717, 1.165) is 11.3 Å². The molecule has 0 saturated heterocycles. The smallest absolute Gasteiger partial charge is 0.193 e. The van der Waals surface area contributed by atoms with Gasteiger partial charge in [0.25, 0.3) is 0 Å². The molecular weight excluding hydrogens is 262 g/mol. The van der Waals surface area contributed by atoms with E-state index in [1.54, 1.807) is 0 Å². The molecule has 0 aliphatic heterocycles. The first-order chi connectivity index (χ1) is 9.15. The minimum Gasteiger partial charge on any atom is -0.370 e. The van der Waals surface area contributed by atoms with E-state index < -0.39 is 0 Å². The Morgan fingerprint density at radius 3 is 2.74 bits per heavy atom. The quantitative estimate of drug-likeness (QED) is 0.583. The molecule has 98 valence electrons. The van der Waals surface area contributed by atoms with Crippen molar-refractivity contribution < 1.29 is 4.52 Å². The second kappa shape index (κ2) is 6.05. The topological polar surface area (TPSA) is 114 Å². The van der Waals surface area contributed by atoms with Crippen LogP contribution in [0.2, 0.25) is 0 Å². The van der Waals surface area contributed by atoms with E-state index in [9.17, 15) is 0 Å². The van der Waals surface area contributed by atoms with Crippen molar-refractivity contribution in [3.8, 4) is 11.3 Å². The van der Waals surface area contributed by atoms with E-state index in [1.807, 2.05) is 36.4 Å². The Balaban J connectivity index is 1.99. The summed E-state index contributed by atoms with van der Waals surface area (Å²) in [5.74, 6) is 1.05. The van der Waals surface area contributed by atoms with Crippen LogP contribution in [0.4, 0.5) is 0 Å². The van der Waals surface area contributed by atoms with Gasteiger partial charge in [0.05, 0.1) is 5.69 Å². The highest BCUT2D eigenvalue weighted by Gasteiger charge is 2.07. The van der Waals surface area contributed by atoms with Gasteiger partial charge in [0.15, 0.2) is 16.9 Å². The van der Waals surface area contributed by atoms with Gasteiger partial charge in [-0.3, -0.25) is 5.41 Å². The minimum atomic E-state index is -0.123. The Morgan fingerprint density at radius 2 is 2.05 bits per heavy atom. The van der Waals surface area contributed by atoms with E-state index in [0.29, 0.717) is 11.5 Å². The number of thioether (sulfide) groups is 1. The molecule has 0 aliphatic carbocycles. The second-order valence-electron chi connectivity index (χ2n) is 3.68. The average Bonchev–Trinajstić information content (AvgIpc) is 2.85. The summed E-state index contributed by atoms with van der Waals surface area (Å²) in [6.07, 6.45) is 0. The van der Waals surface area contributed by atoms with Crippen molar-refractivity contribution in [2.45, 2.75) is 5.75 Å². The summed E-state index contributed by atoms with van der Waals surface area (Å²) >= 11 is 1.18. The molecule has 19 heavy (non-hydrogen) atoms.